The van der Waals surface area contributed by atoms with Gasteiger partial charge in [-0.3, -0.25) is 5.32 Å². The molecule has 0 saturated heterocycles. The Bertz CT molecular complexity index is 1230. The highest BCUT2D eigenvalue weighted by Crippen LogP contribution is 2.38. The van der Waals surface area contributed by atoms with Crippen molar-refractivity contribution in [3.63, 3.8) is 0 Å². The number of amides is 2. The molecule has 0 spiro atoms. The van der Waals surface area contributed by atoms with Crippen molar-refractivity contribution in [2.24, 2.45) is 0 Å². The summed E-state index contributed by atoms with van der Waals surface area (Å²) in [4.78, 5) is 12.7. The molecular weight excluding hydrogens is 424 g/mol. The Kier molecular flexibility index (Phi) is 6.40. The van der Waals surface area contributed by atoms with Gasteiger partial charge in [-0.1, -0.05) is 72.8 Å². The molecule has 0 aliphatic heterocycles. The molecule has 5 rings (SSSR count). The van der Waals surface area contributed by atoms with Gasteiger partial charge in [0, 0.05) is 17.3 Å². The summed E-state index contributed by atoms with van der Waals surface area (Å²) < 4.78 is 1.92. The van der Waals surface area contributed by atoms with E-state index in [-0.39, 0.29) is 6.03 Å². The summed E-state index contributed by atoms with van der Waals surface area (Å²) >= 11 is 0. The molecule has 6 heteroatoms. The molecule has 1 unspecified atom stereocenters. The number of aryl methyl sites for hydroxylation is 1. The van der Waals surface area contributed by atoms with E-state index in [9.17, 15) is 9.90 Å². The normalized spacial score (nSPS) is 13.9. The van der Waals surface area contributed by atoms with Crippen LogP contribution in [-0.2, 0) is 6.42 Å². The molecule has 1 saturated carbocycles. The second-order valence-corrected chi connectivity index (χ2v) is 8.70. The van der Waals surface area contributed by atoms with Crippen LogP contribution in [0, 0.1) is 0 Å². The van der Waals surface area contributed by atoms with Crippen molar-refractivity contribution in [1.82, 2.24) is 9.78 Å². The number of aliphatic hydroxyl groups is 1. The largest absolute Gasteiger partial charge is 0.388 e. The van der Waals surface area contributed by atoms with Gasteiger partial charge in [0.15, 0.2) is 0 Å². The van der Waals surface area contributed by atoms with Gasteiger partial charge in [0.2, 0.25) is 0 Å². The van der Waals surface area contributed by atoms with Crippen LogP contribution in [0.15, 0.2) is 91.0 Å². The molecule has 1 aliphatic carbocycles. The zero-order valence-electron chi connectivity index (χ0n) is 18.9. The number of carbonyl (C=O) groups excluding carboxylic acids is 1. The fourth-order valence-corrected chi connectivity index (χ4v) is 4.01. The first kappa shape index (κ1) is 21.9. The van der Waals surface area contributed by atoms with Crippen LogP contribution in [0.3, 0.4) is 0 Å². The van der Waals surface area contributed by atoms with Gasteiger partial charge in [-0.05, 0) is 48.9 Å². The predicted octanol–water partition coefficient (Wildman–Crippen LogP) is 6.20. The third kappa shape index (κ3) is 5.35. The van der Waals surface area contributed by atoms with Crippen LogP contribution in [0.1, 0.15) is 42.5 Å². The SMILES string of the molecule is O=C(Nc1ccc(CCC(O)c2ccccc2)cc1)Nc1cc(-c2ccccc2)nn1C1CC1. The number of hydrogen-bond donors (Lipinski definition) is 3. The molecule has 172 valence electrons. The predicted molar refractivity (Wildman–Crippen MR) is 135 cm³/mol. The number of benzene rings is 3. The number of aromatic nitrogens is 2. The van der Waals surface area contributed by atoms with Gasteiger partial charge in [0.25, 0.3) is 0 Å². The topological polar surface area (TPSA) is 79.2 Å². The molecule has 1 aliphatic rings. The van der Waals surface area contributed by atoms with Crippen LogP contribution < -0.4 is 10.6 Å². The van der Waals surface area contributed by atoms with Crippen LogP contribution in [0.2, 0.25) is 0 Å². The van der Waals surface area contributed by atoms with Gasteiger partial charge >= 0.3 is 6.03 Å². The molecule has 0 bridgehead atoms. The second kappa shape index (κ2) is 9.93. The lowest BCUT2D eigenvalue weighted by atomic mass is 10.0. The van der Waals surface area contributed by atoms with Crippen LogP contribution in [-0.4, -0.2) is 20.9 Å². The van der Waals surface area contributed by atoms with Crippen LogP contribution in [0.4, 0.5) is 16.3 Å². The fourth-order valence-electron chi connectivity index (χ4n) is 4.01. The number of rotatable bonds is 8. The van der Waals surface area contributed by atoms with E-state index in [4.69, 9.17) is 5.10 Å². The quantitative estimate of drug-likeness (QED) is 0.298. The summed E-state index contributed by atoms with van der Waals surface area (Å²) in [5.74, 6) is 0.699. The lowest BCUT2D eigenvalue weighted by Crippen LogP contribution is -2.21. The minimum Gasteiger partial charge on any atom is -0.388 e. The molecule has 3 aromatic carbocycles. The van der Waals surface area contributed by atoms with Crippen molar-refractivity contribution in [3.05, 3.63) is 102 Å². The number of nitrogens with one attached hydrogen (secondary N) is 2. The number of hydrogen-bond acceptors (Lipinski definition) is 3. The van der Waals surface area contributed by atoms with E-state index in [0.717, 1.165) is 41.6 Å². The van der Waals surface area contributed by atoms with Gasteiger partial charge in [0.1, 0.15) is 5.82 Å². The van der Waals surface area contributed by atoms with Gasteiger partial charge in [-0.2, -0.15) is 5.10 Å². The van der Waals surface area contributed by atoms with Crippen molar-refractivity contribution in [2.75, 3.05) is 10.6 Å². The summed E-state index contributed by atoms with van der Waals surface area (Å²) in [5.41, 5.74) is 4.63. The minimum atomic E-state index is -0.484. The van der Waals surface area contributed by atoms with Crippen molar-refractivity contribution in [3.8, 4) is 11.3 Å². The number of aliphatic hydroxyl groups excluding tert-OH is 1. The highest BCUT2D eigenvalue weighted by molar-refractivity contribution is 5.99. The lowest BCUT2D eigenvalue weighted by Gasteiger charge is -2.12. The van der Waals surface area contributed by atoms with E-state index in [1.54, 1.807) is 0 Å². The first-order chi connectivity index (χ1) is 16.7. The van der Waals surface area contributed by atoms with Crippen molar-refractivity contribution in [2.45, 2.75) is 37.8 Å². The average Bonchev–Trinajstić information content (AvgIpc) is 3.64. The Hall–Kier alpha value is -3.90. The van der Waals surface area contributed by atoms with Gasteiger partial charge in [0.05, 0.1) is 17.8 Å². The molecule has 3 N–H and O–H groups in total. The molecule has 4 aromatic rings. The van der Waals surface area contributed by atoms with E-state index in [2.05, 4.69) is 10.6 Å². The Balaban J connectivity index is 1.19. The summed E-state index contributed by atoms with van der Waals surface area (Å²) in [6, 6.07) is 29.4. The highest BCUT2D eigenvalue weighted by Gasteiger charge is 2.28. The number of anilines is 2. The maximum atomic E-state index is 12.7. The van der Waals surface area contributed by atoms with Gasteiger partial charge in [-0.25, -0.2) is 9.48 Å². The Morgan fingerprint density at radius 1 is 0.941 bits per heavy atom. The first-order valence-corrected chi connectivity index (χ1v) is 11.7. The van der Waals surface area contributed by atoms with Crippen LogP contribution >= 0.6 is 0 Å². The molecule has 34 heavy (non-hydrogen) atoms. The Morgan fingerprint density at radius 2 is 1.62 bits per heavy atom. The van der Waals surface area contributed by atoms with E-state index in [0.29, 0.717) is 24.0 Å². The molecule has 6 nitrogen and oxygen atoms in total. The van der Waals surface area contributed by atoms with Crippen molar-refractivity contribution in [1.29, 1.82) is 0 Å². The molecule has 0 radical (unpaired) electrons. The molecule has 1 heterocycles. The Labute approximate surface area is 199 Å². The molecule has 1 atom stereocenters. The minimum absolute atomic E-state index is 0.298. The van der Waals surface area contributed by atoms with E-state index >= 15 is 0 Å². The van der Waals surface area contributed by atoms with E-state index in [1.165, 1.54) is 0 Å². The number of carbonyl (C=O) groups is 1. The first-order valence-electron chi connectivity index (χ1n) is 11.7. The number of urea groups is 1. The average molecular weight is 453 g/mol. The lowest BCUT2D eigenvalue weighted by molar-refractivity contribution is 0.168. The standard InChI is InChI=1S/C28H28N4O2/c33-26(22-9-5-2-6-10-22)18-13-20-11-14-23(15-12-20)29-28(34)30-27-19-25(21-7-3-1-4-8-21)31-32(27)24-16-17-24/h1-12,14-15,19,24,26,33H,13,16-18H2,(H2,29,30,34). The molecular formula is C28H28N4O2. The number of nitrogens with zero attached hydrogens (tertiary/aromatic N) is 2. The summed E-state index contributed by atoms with van der Waals surface area (Å²) in [6.45, 7) is 0. The molecule has 2 amide bonds. The summed E-state index contributed by atoms with van der Waals surface area (Å²) in [5, 5.41) is 21.0. The Morgan fingerprint density at radius 3 is 2.29 bits per heavy atom. The van der Waals surface area contributed by atoms with Crippen molar-refractivity contribution < 1.29 is 9.90 Å². The zero-order chi connectivity index (χ0) is 23.3. The summed E-state index contributed by atoms with van der Waals surface area (Å²) in [7, 11) is 0. The van der Waals surface area contributed by atoms with E-state index in [1.807, 2.05) is 95.7 Å². The zero-order valence-corrected chi connectivity index (χ0v) is 18.9. The fraction of sp³-hybridized carbons (Fsp3) is 0.214. The second-order valence-electron chi connectivity index (χ2n) is 8.70. The van der Waals surface area contributed by atoms with Gasteiger partial charge < -0.3 is 10.4 Å². The van der Waals surface area contributed by atoms with E-state index < -0.39 is 6.10 Å². The van der Waals surface area contributed by atoms with Crippen LogP contribution in [0.5, 0.6) is 0 Å². The van der Waals surface area contributed by atoms with Crippen molar-refractivity contribution >= 4 is 17.5 Å². The summed E-state index contributed by atoms with van der Waals surface area (Å²) in [6.07, 6.45) is 3.07. The van der Waals surface area contributed by atoms with Crippen LogP contribution in [0.25, 0.3) is 11.3 Å². The maximum absolute atomic E-state index is 12.7. The third-order valence-electron chi connectivity index (χ3n) is 6.04. The third-order valence-corrected chi connectivity index (χ3v) is 6.04. The molecule has 1 fully saturated rings. The highest BCUT2D eigenvalue weighted by atomic mass is 16.3. The monoisotopic (exact) mass is 452 g/mol. The van der Waals surface area contributed by atoms with Gasteiger partial charge in [-0.15, -0.1) is 0 Å². The maximum Gasteiger partial charge on any atom is 0.324 e. The smallest absolute Gasteiger partial charge is 0.324 e. The molecule has 1 aromatic heterocycles.